The van der Waals surface area contributed by atoms with E-state index in [2.05, 4.69) is 0 Å². The molecular formula is C23H16F2N2O4S. The van der Waals surface area contributed by atoms with E-state index in [0.29, 0.717) is 11.3 Å². The van der Waals surface area contributed by atoms with E-state index < -0.39 is 43.9 Å². The minimum atomic E-state index is -4.32. The maximum Gasteiger partial charge on any atom is 0.274 e. The predicted molar refractivity (Wildman–Crippen MR) is 113 cm³/mol. The molecule has 3 aromatic carbocycles. The second-order valence-corrected chi connectivity index (χ2v) is 9.76. The summed E-state index contributed by atoms with van der Waals surface area (Å²) in [5.74, 6) is -3.54. The zero-order valence-corrected chi connectivity index (χ0v) is 17.4. The topological polar surface area (TPSA) is 74.8 Å². The van der Waals surface area contributed by atoms with Gasteiger partial charge in [0.15, 0.2) is 9.84 Å². The molecule has 0 unspecified atom stereocenters. The summed E-state index contributed by atoms with van der Waals surface area (Å²) >= 11 is 0. The number of carbonyl (C=O) groups is 2. The van der Waals surface area contributed by atoms with Crippen LogP contribution < -0.4 is 9.80 Å². The van der Waals surface area contributed by atoms with Crippen molar-refractivity contribution in [1.29, 1.82) is 0 Å². The van der Waals surface area contributed by atoms with E-state index in [0.717, 1.165) is 17.0 Å². The Bertz CT molecular complexity index is 1370. The molecule has 32 heavy (non-hydrogen) atoms. The molecule has 0 bridgehead atoms. The van der Waals surface area contributed by atoms with E-state index in [1.807, 2.05) is 0 Å². The third kappa shape index (κ3) is 2.70. The minimum Gasteiger partial charge on any atom is -0.304 e. The molecule has 0 saturated carbocycles. The summed E-state index contributed by atoms with van der Waals surface area (Å²) < 4.78 is 54.1. The number of halogens is 2. The van der Waals surface area contributed by atoms with Crippen LogP contribution in [0.15, 0.2) is 72.8 Å². The Balaban J connectivity index is 1.73. The fourth-order valence-corrected chi connectivity index (χ4v) is 6.49. The Morgan fingerprint density at radius 2 is 1.59 bits per heavy atom. The van der Waals surface area contributed by atoms with Crippen LogP contribution in [0.3, 0.4) is 0 Å². The van der Waals surface area contributed by atoms with E-state index in [1.165, 1.54) is 41.3 Å². The predicted octanol–water partition coefficient (Wildman–Crippen LogP) is 3.13. The van der Waals surface area contributed by atoms with E-state index >= 15 is 0 Å². The number of benzene rings is 3. The highest BCUT2D eigenvalue weighted by molar-refractivity contribution is 7.94. The summed E-state index contributed by atoms with van der Waals surface area (Å²) in [6, 6.07) is 16.7. The molecule has 0 aliphatic carbocycles. The van der Waals surface area contributed by atoms with Crippen LogP contribution in [0.5, 0.6) is 0 Å². The molecule has 0 aromatic heterocycles. The average Bonchev–Trinajstić information content (AvgIpc) is 3.12. The molecule has 1 spiro atoms. The smallest absolute Gasteiger partial charge is 0.274 e. The highest BCUT2D eigenvalue weighted by Crippen LogP contribution is 2.52. The first-order valence-electron chi connectivity index (χ1n) is 9.72. The fraction of sp³-hybridized carbons (Fsp3) is 0.130. The SMILES string of the molecule is O=C1CS(=O)(=O)[C@]2(C(=O)N(Cc3cccc(F)c3)c3ccccc32)N1c1ccc(F)cc1. The van der Waals surface area contributed by atoms with Crippen LogP contribution in [0.1, 0.15) is 11.1 Å². The number of para-hydroxylation sites is 1. The number of hydrogen-bond acceptors (Lipinski definition) is 4. The van der Waals surface area contributed by atoms with Crippen molar-refractivity contribution in [3.8, 4) is 0 Å². The second-order valence-electron chi connectivity index (χ2n) is 7.65. The van der Waals surface area contributed by atoms with Crippen molar-refractivity contribution in [2.75, 3.05) is 15.6 Å². The molecule has 0 radical (unpaired) electrons. The van der Waals surface area contributed by atoms with Gasteiger partial charge >= 0.3 is 0 Å². The summed E-state index contributed by atoms with van der Waals surface area (Å²) in [7, 11) is -4.32. The fourth-order valence-electron chi connectivity index (χ4n) is 4.46. The quantitative estimate of drug-likeness (QED) is 0.610. The molecule has 9 heteroatoms. The first-order chi connectivity index (χ1) is 15.3. The van der Waals surface area contributed by atoms with Crippen LogP contribution in [0, 0.1) is 11.6 Å². The monoisotopic (exact) mass is 454 g/mol. The molecule has 3 aromatic rings. The molecule has 162 valence electrons. The van der Waals surface area contributed by atoms with Gasteiger partial charge in [-0.3, -0.25) is 14.5 Å². The van der Waals surface area contributed by atoms with Crippen LogP contribution in [0.4, 0.5) is 20.2 Å². The molecule has 2 amide bonds. The van der Waals surface area contributed by atoms with Gasteiger partial charge in [0, 0.05) is 11.3 Å². The molecule has 2 aliphatic rings. The third-order valence-corrected chi connectivity index (χ3v) is 7.84. The van der Waals surface area contributed by atoms with Crippen molar-refractivity contribution < 1.29 is 26.8 Å². The Labute approximate surface area is 182 Å². The zero-order valence-electron chi connectivity index (χ0n) is 16.5. The number of fused-ring (bicyclic) bond motifs is 2. The molecule has 1 atom stereocenters. The van der Waals surface area contributed by atoms with Crippen LogP contribution in [0.2, 0.25) is 0 Å². The lowest BCUT2D eigenvalue weighted by molar-refractivity contribution is -0.123. The summed E-state index contributed by atoms with van der Waals surface area (Å²) in [6.07, 6.45) is 0. The zero-order chi connectivity index (χ0) is 22.7. The lowest BCUT2D eigenvalue weighted by Gasteiger charge is -2.32. The maximum absolute atomic E-state index is 13.9. The number of hydrogen-bond donors (Lipinski definition) is 0. The second kappa shape index (κ2) is 6.96. The van der Waals surface area contributed by atoms with Gasteiger partial charge in [-0.2, -0.15) is 0 Å². The van der Waals surface area contributed by atoms with Crippen LogP contribution in [0.25, 0.3) is 0 Å². The Morgan fingerprint density at radius 1 is 0.875 bits per heavy atom. The molecule has 0 N–H and O–H groups in total. The largest absolute Gasteiger partial charge is 0.304 e. The Kier molecular flexibility index (Phi) is 4.42. The van der Waals surface area contributed by atoms with Crippen LogP contribution in [-0.2, 0) is 30.8 Å². The number of nitrogens with zero attached hydrogens (tertiary/aromatic N) is 2. The normalized spacial score (nSPS) is 21.4. The number of rotatable bonds is 3. The highest BCUT2D eigenvalue weighted by Gasteiger charge is 2.69. The summed E-state index contributed by atoms with van der Waals surface area (Å²) in [4.78, 5) is 26.7. The first kappa shape index (κ1) is 20.3. The van der Waals surface area contributed by atoms with E-state index in [9.17, 15) is 26.8 Å². The van der Waals surface area contributed by atoms with Crippen molar-refractivity contribution in [1.82, 2.24) is 0 Å². The van der Waals surface area contributed by atoms with Crippen molar-refractivity contribution in [2.45, 2.75) is 11.4 Å². The molecule has 2 aliphatic heterocycles. The van der Waals surface area contributed by atoms with Gasteiger partial charge in [0.2, 0.25) is 5.91 Å². The van der Waals surface area contributed by atoms with Crippen LogP contribution in [-0.4, -0.2) is 26.0 Å². The molecule has 6 nitrogen and oxygen atoms in total. The van der Waals surface area contributed by atoms with E-state index in [4.69, 9.17) is 0 Å². The van der Waals surface area contributed by atoms with Gasteiger partial charge in [-0.1, -0.05) is 30.3 Å². The maximum atomic E-state index is 13.9. The third-order valence-electron chi connectivity index (χ3n) is 5.74. The van der Waals surface area contributed by atoms with Gasteiger partial charge in [-0.15, -0.1) is 0 Å². The molecule has 1 saturated heterocycles. The number of sulfone groups is 1. The Hall–Kier alpha value is -3.59. The van der Waals surface area contributed by atoms with Crippen molar-refractivity contribution in [3.05, 3.63) is 95.6 Å². The number of carbonyl (C=O) groups excluding carboxylic acids is 2. The van der Waals surface area contributed by atoms with Crippen LogP contribution >= 0.6 is 0 Å². The number of amides is 2. The van der Waals surface area contributed by atoms with Gasteiger partial charge in [-0.05, 0) is 48.0 Å². The lowest BCUT2D eigenvalue weighted by Crippen LogP contribution is -2.54. The lowest BCUT2D eigenvalue weighted by atomic mass is 10.0. The minimum absolute atomic E-state index is 0.0870. The summed E-state index contributed by atoms with van der Waals surface area (Å²) in [5, 5.41) is 0. The summed E-state index contributed by atoms with van der Waals surface area (Å²) in [6.45, 7) is -0.0870. The molecule has 5 rings (SSSR count). The first-order valence-corrected chi connectivity index (χ1v) is 11.4. The van der Waals surface area contributed by atoms with Gasteiger partial charge in [0.1, 0.15) is 17.4 Å². The number of anilines is 2. The molecule has 2 heterocycles. The van der Waals surface area contributed by atoms with Gasteiger partial charge in [0.05, 0.1) is 12.2 Å². The van der Waals surface area contributed by atoms with Gasteiger partial charge in [-0.25, -0.2) is 17.2 Å². The van der Waals surface area contributed by atoms with E-state index in [-0.39, 0.29) is 17.8 Å². The summed E-state index contributed by atoms with van der Waals surface area (Å²) in [5.41, 5.74) is 0.997. The van der Waals surface area contributed by atoms with E-state index in [1.54, 1.807) is 24.3 Å². The molecule has 1 fully saturated rings. The Morgan fingerprint density at radius 3 is 2.31 bits per heavy atom. The molecular weight excluding hydrogens is 438 g/mol. The van der Waals surface area contributed by atoms with Crippen molar-refractivity contribution >= 4 is 33.0 Å². The van der Waals surface area contributed by atoms with Crippen molar-refractivity contribution in [3.63, 3.8) is 0 Å². The standard InChI is InChI=1S/C23H16F2N2O4S/c24-16-8-10-18(11-9-16)27-21(28)14-32(30,31)23(27)19-6-1-2-7-20(19)26(22(23)29)13-15-4-3-5-17(25)12-15/h1-12H,13-14H2/t23-/m1/s1. The van der Waals surface area contributed by atoms with Gasteiger partial charge in [0.25, 0.3) is 10.8 Å². The van der Waals surface area contributed by atoms with Crippen molar-refractivity contribution in [2.24, 2.45) is 0 Å². The average molecular weight is 454 g/mol. The van der Waals surface area contributed by atoms with Gasteiger partial charge < -0.3 is 4.90 Å². The highest BCUT2D eigenvalue weighted by atomic mass is 32.2.